The second-order valence-corrected chi connectivity index (χ2v) is 1.99. The molecule has 1 rings (SSSR count). The molecule has 46 valence electrons. The Labute approximate surface area is 54.9 Å². The summed E-state index contributed by atoms with van der Waals surface area (Å²) in [4.78, 5) is 0. The average molecular weight is 119 g/mol. The van der Waals surface area contributed by atoms with Gasteiger partial charge in [-0.2, -0.15) is 0 Å². The van der Waals surface area contributed by atoms with E-state index in [1.807, 2.05) is 31.2 Å². The Bertz CT molecular complexity index is 225. The highest BCUT2D eigenvalue weighted by atomic mass is 14.5. The fourth-order valence-corrected chi connectivity index (χ4v) is 0.594. The first-order valence-electron chi connectivity index (χ1n) is 2.86. The number of hydrogen-bond donors (Lipinski definition) is 1. The van der Waals surface area contributed by atoms with Gasteiger partial charge in [0.25, 0.3) is 0 Å². The van der Waals surface area contributed by atoms with Crippen LogP contribution in [-0.2, 0) is 0 Å². The standard InChI is InChI=1S/C8H9N/c1-7-3-2-4-8(9)6-5-7/h2,4-6H,9H2,1H3. The van der Waals surface area contributed by atoms with Crippen LogP contribution in [0, 0.1) is 0 Å². The van der Waals surface area contributed by atoms with Crippen LogP contribution in [0.2, 0.25) is 0 Å². The van der Waals surface area contributed by atoms with Crippen LogP contribution < -0.4 is 5.73 Å². The average Bonchev–Trinajstić information content (AvgIpc) is 1.97. The molecule has 1 nitrogen and oxygen atoms in total. The predicted octanol–water partition coefficient (Wildman–Crippen LogP) is 1.50. The van der Waals surface area contributed by atoms with Crippen molar-refractivity contribution in [3.05, 3.63) is 41.3 Å². The van der Waals surface area contributed by atoms with E-state index in [0.717, 1.165) is 11.3 Å². The van der Waals surface area contributed by atoms with E-state index in [1.54, 1.807) is 0 Å². The molecule has 0 bridgehead atoms. The lowest BCUT2D eigenvalue weighted by atomic mass is 10.3. The third-order valence-electron chi connectivity index (χ3n) is 1.11. The summed E-state index contributed by atoms with van der Waals surface area (Å²) in [6, 6.07) is 0. The molecule has 1 aliphatic carbocycles. The quantitative estimate of drug-likeness (QED) is 0.480. The lowest BCUT2D eigenvalue weighted by Gasteiger charge is -1.84. The molecule has 0 amide bonds. The van der Waals surface area contributed by atoms with E-state index in [1.165, 1.54) is 0 Å². The Morgan fingerprint density at radius 3 is 3.00 bits per heavy atom. The Balaban J connectivity index is 2.96. The van der Waals surface area contributed by atoms with Crippen molar-refractivity contribution in [2.45, 2.75) is 6.92 Å². The van der Waals surface area contributed by atoms with Gasteiger partial charge in [-0.1, -0.05) is 0 Å². The maximum atomic E-state index is 5.49. The zero-order chi connectivity index (χ0) is 6.69. The molecule has 9 heavy (non-hydrogen) atoms. The van der Waals surface area contributed by atoms with Crippen molar-refractivity contribution in [2.24, 2.45) is 5.73 Å². The molecule has 1 aliphatic rings. The van der Waals surface area contributed by atoms with E-state index in [2.05, 4.69) is 5.73 Å². The normalized spacial score (nSPS) is 16.6. The summed E-state index contributed by atoms with van der Waals surface area (Å²) in [6.07, 6.45) is 7.46. The number of hydrogen-bond acceptors (Lipinski definition) is 1. The summed E-state index contributed by atoms with van der Waals surface area (Å²) in [6.45, 7) is 1.99. The summed E-state index contributed by atoms with van der Waals surface area (Å²) in [5.74, 6) is 0. The van der Waals surface area contributed by atoms with Gasteiger partial charge in [0.05, 0.1) is 0 Å². The minimum absolute atomic E-state index is 0.777. The molecule has 0 fully saturated rings. The van der Waals surface area contributed by atoms with Crippen molar-refractivity contribution in [1.29, 1.82) is 0 Å². The summed E-state index contributed by atoms with van der Waals surface area (Å²) in [5, 5.41) is 0. The van der Waals surface area contributed by atoms with E-state index in [0.29, 0.717) is 0 Å². The first-order valence-corrected chi connectivity index (χ1v) is 2.86. The van der Waals surface area contributed by atoms with E-state index in [4.69, 9.17) is 5.73 Å². The fraction of sp³-hybridized carbons (Fsp3) is 0.125. The molecule has 0 saturated carbocycles. The Morgan fingerprint density at radius 2 is 2.22 bits per heavy atom. The zero-order valence-corrected chi connectivity index (χ0v) is 5.39. The summed E-state index contributed by atoms with van der Waals surface area (Å²) in [7, 11) is 0. The molecule has 0 radical (unpaired) electrons. The maximum Gasteiger partial charge on any atom is 0.0320 e. The van der Waals surface area contributed by atoms with Gasteiger partial charge in [0, 0.05) is 5.70 Å². The van der Waals surface area contributed by atoms with E-state index in [9.17, 15) is 0 Å². The minimum atomic E-state index is 0.777. The number of allylic oxidation sites excluding steroid dienone is 4. The lowest BCUT2D eigenvalue weighted by Crippen LogP contribution is -1.89. The van der Waals surface area contributed by atoms with Crippen LogP contribution in [0.25, 0.3) is 0 Å². The Hall–Kier alpha value is -1.20. The molecule has 0 heterocycles. The second-order valence-electron chi connectivity index (χ2n) is 1.99. The first-order chi connectivity index (χ1) is 4.29. The van der Waals surface area contributed by atoms with Gasteiger partial charge in [-0.25, -0.2) is 0 Å². The van der Waals surface area contributed by atoms with Crippen LogP contribution in [0.3, 0.4) is 0 Å². The van der Waals surface area contributed by atoms with Crippen molar-refractivity contribution < 1.29 is 0 Å². The molecule has 0 aromatic heterocycles. The maximum absolute atomic E-state index is 5.49. The molecule has 0 atom stereocenters. The minimum Gasteiger partial charge on any atom is -0.399 e. The van der Waals surface area contributed by atoms with Gasteiger partial charge in [-0.15, -0.1) is 5.73 Å². The highest BCUT2D eigenvalue weighted by molar-refractivity contribution is 5.31. The highest BCUT2D eigenvalue weighted by Gasteiger charge is 1.83. The SMILES string of the molecule is CC1=C=CC=C(N)C=C1. The molecule has 0 saturated heterocycles. The molecular formula is C8H9N. The molecule has 0 aromatic carbocycles. The summed E-state index contributed by atoms with van der Waals surface area (Å²) < 4.78 is 0. The fourth-order valence-electron chi connectivity index (χ4n) is 0.594. The second kappa shape index (κ2) is 2.38. The van der Waals surface area contributed by atoms with Gasteiger partial charge >= 0.3 is 0 Å². The molecule has 1 heteroatoms. The third kappa shape index (κ3) is 1.63. The van der Waals surface area contributed by atoms with Gasteiger partial charge in [0.1, 0.15) is 0 Å². The monoisotopic (exact) mass is 119 g/mol. The number of rotatable bonds is 0. The van der Waals surface area contributed by atoms with E-state index in [-0.39, 0.29) is 0 Å². The predicted molar refractivity (Wildman–Crippen MR) is 38.7 cm³/mol. The van der Waals surface area contributed by atoms with Crippen LogP contribution in [0.5, 0.6) is 0 Å². The van der Waals surface area contributed by atoms with Gasteiger partial charge < -0.3 is 5.73 Å². The number of nitrogens with two attached hydrogens (primary N) is 1. The largest absolute Gasteiger partial charge is 0.399 e. The van der Waals surface area contributed by atoms with E-state index < -0.39 is 0 Å². The molecule has 0 unspecified atom stereocenters. The Morgan fingerprint density at radius 1 is 1.44 bits per heavy atom. The molecular weight excluding hydrogens is 110 g/mol. The Kier molecular flexibility index (Phi) is 1.57. The van der Waals surface area contributed by atoms with Gasteiger partial charge in [0.2, 0.25) is 0 Å². The molecule has 0 aliphatic heterocycles. The van der Waals surface area contributed by atoms with Crippen molar-refractivity contribution in [1.82, 2.24) is 0 Å². The summed E-state index contributed by atoms with van der Waals surface area (Å²) in [5.41, 5.74) is 10.4. The van der Waals surface area contributed by atoms with Crippen molar-refractivity contribution >= 4 is 0 Å². The van der Waals surface area contributed by atoms with Crippen LogP contribution in [0.4, 0.5) is 0 Å². The molecule has 2 N–H and O–H groups in total. The topological polar surface area (TPSA) is 26.0 Å². The van der Waals surface area contributed by atoms with E-state index >= 15 is 0 Å². The van der Waals surface area contributed by atoms with Gasteiger partial charge in [-0.3, -0.25) is 0 Å². The zero-order valence-electron chi connectivity index (χ0n) is 5.39. The summed E-state index contributed by atoms with van der Waals surface area (Å²) >= 11 is 0. The molecule has 0 aromatic rings. The van der Waals surface area contributed by atoms with Crippen molar-refractivity contribution in [2.75, 3.05) is 0 Å². The van der Waals surface area contributed by atoms with Gasteiger partial charge in [0.15, 0.2) is 0 Å². The van der Waals surface area contributed by atoms with Crippen LogP contribution in [0.15, 0.2) is 41.3 Å². The van der Waals surface area contributed by atoms with Crippen LogP contribution in [0.1, 0.15) is 6.92 Å². The lowest BCUT2D eigenvalue weighted by molar-refractivity contribution is 1.42. The van der Waals surface area contributed by atoms with Gasteiger partial charge in [-0.05, 0) is 36.8 Å². The third-order valence-corrected chi connectivity index (χ3v) is 1.11. The van der Waals surface area contributed by atoms with Crippen LogP contribution in [-0.4, -0.2) is 0 Å². The molecule has 0 spiro atoms. The first kappa shape index (κ1) is 5.93. The van der Waals surface area contributed by atoms with Crippen molar-refractivity contribution in [3.8, 4) is 0 Å². The van der Waals surface area contributed by atoms with Crippen LogP contribution >= 0.6 is 0 Å². The highest BCUT2D eigenvalue weighted by Crippen LogP contribution is 1.99. The van der Waals surface area contributed by atoms with Crippen molar-refractivity contribution in [3.63, 3.8) is 0 Å². The smallest absolute Gasteiger partial charge is 0.0320 e.